The minimum atomic E-state index is -0.125. The Morgan fingerprint density at radius 1 is 1.33 bits per heavy atom. The number of methoxy groups -OCH3 is 1. The molecule has 4 heteroatoms. The average Bonchev–Trinajstić information content (AvgIpc) is 2.47. The van der Waals surface area contributed by atoms with E-state index in [2.05, 4.69) is 6.07 Å². The van der Waals surface area contributed by atoms with E-state index in [1.165, 1.54) is 0 Å². The molecule has 0 spiro atoms. The van der Waals surface area contributed by atoms with Crippen molar-refractivity contribution in [3.8, 4) is 5.75 Å². The monoisotopic (exact) mass is 250 g/mol. The van der Waals surface area contributed by atoms with Crippen LogP contribution >= 0.6 is 0 Å². The van der Waals surface area contributed by atoms with Gasteiger partial charge in [0.05, 0.1) is 7.11 Å². The fourth-order valence-electron chi connectivity index (χ4n) is 2.86. The molecule has 1 atom stereocenters. The molecule has 0 saturated carbocycles. The van der Waals surface area contributed by atoms with Gasteiger partial charge >= 0.3 is 0 Å². The van der Waals surface area contributed by atoms with E-state index in [9.17, 15) is 0 Å². The molecule has 0 amide bonds. The van der Waals surface area contributed by atoms with E-state index in [1.807, 2.05) is 18.2 Å². The van der Waals surface area contributed by atoms with Crippen molar-refractivity contribution in [1.29, 1.82) is 0 Å². The Morgan fingerprint density at radius 2 is 2.00 bits per heavy atom. The van der Waals surface area contributed by atoms with Gasteiger partial charge in [-0.2, -0.15) is 0 Å². The minimum Gasteiger partial charge on any atom is -0.496 e. The Balaban J connectivity index is 2.45. The van der Waals surface area contributed by atoms with Crippen LogP contribution in [0.25, 0.3) is 0 Å². The van der Waals surface area contributed by atoms with E-state index in [1.54, 1.807) is 7.11 Å². The first kappa shape index (κ1) is 13.3. The third kappa shape index (κ3) is 2.23. The molecular formula is C14H22N2O2. The van der Waals surface area contributed by atoms with Gasteiger partial charge in [0, 0.05) is 36.8 Å². The maximum absolute atomic E-state index is 6.30. The first-order valence-electron chi connectivity index (χ1n) is 6.41. The van der Waals surface area contributed by atoms with Crippen molar-refractivity contribution in [3.63, 3.8) is 0 Å². The molecule has 2 rings (SSSR count). The molecule has 1 fully saturated rings. The van der Waals surface area contributed by atoms with Gasteiger partial charge in [-0.15, -0.1) is 0 Å². The molecule has 1 heterocycles. The van der Waals surface area contributed by atoms with E-state index in [4.69, 9.17) is 20.9 Å². The fraction of sp³-hybridized carbons (Fsp3) is 0.571. The summed E-state index contributed by atoms with van der Waals surface area (Å²) in [4.78, 5) is 0. The second-order valence-corrected chi connectivity index (χ2v) is 4.81. The normalized spacial score (nSPS) is 20.4. The third-order valence-corrected chi connectivity index (χ3v) is 3.99. The molecule has 100 valence electrons. The topological polar surface area (TPSA) is 70.5 Å². The zero-order valence-electron chi connectivity index (χ0n) is 10.9. The summed E-state index contributed by atoms with van der Waals surface area (Å²) in [6, 6.07) is 8.01. The number of nitrogens with two attached hydrogens (primary N) is 2. The van der Waals surface area contributed by atoms with Crippen LogP contribution in [-0.2, 0) is 10.2 Å². The van der Waals surface area contributed by atoms with E-state index < -0.39 is 0 Å². The molecular weight excluding hydrogens is 228 g/mol. The van der Waals surface area contributed by atoms with Crippen LogP contribution in [0.15, 0.2) is 24.3 Å². The number of ether oxygens (including phenoxy) is 2. The van der Waals surface area contributed by atoms with Gasteiger partial charge in [-0.05, 0) is 18.9 Å². The Hall–Kier alpha value is -1.10. The zero-order valence-corrected chi connectivity index (χ0v) is 10.9. The predicted molar refractivity (Wildman–Crippen MR) is 71.8 cm³/mol. The largest absolute Gasteiger partial charge is 0.496 e. The highest BCUT2D eigenvalue weighted by Crippen LogP contribution is 2.41. The Labute approximate surface area is 108 Å². The van der Waals surface area contributed by atoms with Gasteiger partial charge < -0.3 is 20.9 Å². The summed E-state index contributed by atoms with van der Waals surface area (Å²) in [5.41, 5.74) is 13.1. The number of rotatable bonds is 4. The minimum absolute atomic E-state index is 0.0716. The summed E-state index contributed by atoms with van der Waals surface area (Å²) in [5, 5.41) is 0. The molecule has 4 nitrogen and oxygen atoms in total. The van der Waals surface area contributed by atoms with Crippen LogP contribution in [0.1, 0.15) is 18.4 Å². The molecule has 1 aromatic carbocycles. The molecule has 1 aliphatic heterocycles. The molecule has 4 N–H and O–H groups in total. The number of hydrogen-bond donors (Lipinski definition) is 2. The lowest BCUT2D eigenvalue weighted by Crippen LogP contribution is -2.52. The summed E-state index contributed by atoms with van der Waals surface area (Å²) in [6.45, 7) is 1.93. The fourth-order valence-corrected chi connectivity index (χ4v) is 2.86. The van der Waals surface area contributed by atoms with Crippen molar-refractivity contribution in [2.75, 3.05) is 26.9 Å². The maximum Gasteiger partial charge on any atom is 0.122 e. The van der Waals surface area contributed by atoms with Gasteiger partial charge in [-0.25, -0.2) is 0 Å². The maximum atomic E-state index is 6.30. The summed E-state index contributed by atoms with van der Waals surface area (Å²) < 4.78 is 11.0. The quantitative estimate of drug-likeness (QED) is 0.837. The first-order valence-corrected chi connectivity index (χ1v) is 6.41. The highest BCUT2D eigenvalue weighted by atomic mass is 16.5. The van der Waals surface area contributed by atoms with Crippen molar-refractivity contribution in [1.82, 2.24) is 0 Å². The van der Waals surface area contributed by atoms with E-state index in [-0.39, 0.29) is 11.5 Å². The lowest BCUT2D eigenvalue weighted by Gasteiger charge is -2.42. The Morgan fingerprint density at radius 3 is 2.61 bits per heavy atom. The summed E-state index contributed by atoms with van der Waals surface area (Å²) in [6.07, 6.45) is 1.79. The van der Waals surface area contributed by atoms with Crippen molar-refractivity contribution < 1.29 is 9.47 Å². The van der Waals surface area contributed by atoms with Gasteiger partial charge in [0.25, 0.3) is 0 Å². The van der Waals surface area contributed by atoms with Crippen molar-refractivity contribution in [2.24, 2.45) is 11.5 Å². The van der Waals surface area contributed by atoms with Gasteiger partial charge in [-0.1, -0.05) is 18.2 Å². The molecule has 1 aromatic rings. The molecule has 1 unspecified atom stereocenters. The van der Waals surface area contributed by atoms with Gasteiger partial charge in [0.2, 0.25) is 0 Å². The van der Waals surface area contributed by atoms with Crippen molar-refractivity contribution >= 4 is 0 Å². The third-order valence-electron chi connectivity index (χ3n) is 3.99. The number of para-hydroxylation sites is 1. The molecule has 0 bridgehead atoms. The van der Waals surface area contributed by atoms with Crippen LogP contribution < -0.4 is 16.2 Å². The van der Waals surface area contributed by atoms with Crippen LogP contribution in [0.2, 0.25) is 0 Å². The Kier molecular flexibility index (Phi) is 4.22. The molecule has 0 aliphatic carbocycles. The molecule has 1 saturated heterocycles. The SMILES string of the molecule is COc1ccccc1C1(C(N)CN)CCOCC1. The predicted octanol–water partition coefficient (Wildman–Crippen LogP) is 1.03. The van der Waals surface area contributed by atoms with Crippen LogP contribution in [-0.4, -0.2) is 32.9 Å². The Bertz CT molecular complexity index is 389. The van der Waals surface area contributed by atoms with Crippen LogP contribution in [0.4, 0.5) is 0 Å². The van der Waals surface area contributed by atoms with Gasteiger partial charge in [0.15, 0.2) is 0 Å². The average molecular weight is 250 g/mol. The standard InChI is InChI=1S/C14H22N2O2/c1-17-12-5-3-2-4-11(12)14(13(16)10-15)6-8-18-9-7-14/h2-5,13H,6-10,15-16H2,1H3. The van der Waals surface area contributed by atoms with Crippen LogP contribution in [0.5, 0.6) is 5.75 Å². The van der Waals surface area contributed by atoms with E-state index in [0.717, 1.165) is 37.4 Å². The molecule has 18 heavy (non-hydrogen) atoms. The second-order valence-electron chi connectivity index (χ2n) is 4.81. The van der Waals surface area contributed by atoms with E-state index >= 15 is 0 Å². The number of hydrogen-bond acceptors (Lipinski definition) is 4. The van der Waals surface area contributed by atoms with Crippen LogP contribution in [0.3, 0.4) is 0 Å². The van der Waals surface area contributed by atoms with Crippen molar-refractivity contribution in [2.45, 2.75) is 24.3 Å². The lowest BCUT2D eigenvalue weighted by atomic mass is 9.68. The molecule has 0 radical (unpaired) electrons. The zero-order chi connectivity index (χ0) is 13.0. The number of benzene rings is 1. The van der Waals surface area contributed by atoms with Gasteiger partial charge in [-0.3, -0.25) is 0 Å². The highest BCUT2D eigenvalue weighted by Gasteiger charge is 2.41. The smallest absolute Gasteiger partial charge is 0.122 e. The van der Waals surface area contributed by atoms with Gasteiger partial charge in [0.1, 0.15) is 5.75 Å². The summed E-state index contributed by atoms with van der Waals surface area (Å²) in [7, 11) is 1.69. The molecule has 1 aliphatic rings. The van der Waals surface area contributed by atoms with Crippen molar-refractivity contribution in [3.05, 3.63) is 29.8 Å². The van der Waals surface area contributed by atoms with Crippen LogP contribution in [0, 0.1) is 0 Å². The summed E-state index contributed by atoms with van der Waals surface area (Å²) in [5.74, 6) is 0.892. The lowest BCUT2D eigenvalue weighted by molar-refractivity contribution is 0.0401. The molecule has 0 aromatic heterocycles. The first-order chi connectivity index (χ1) is 8.74. The summed E-state index contributed by atoms with van der Waals surface area (Å²) >= 11 is 0. The highest BCUT2D eigenvalue weighted by molar-refractivity contribution is 5.41. The second kappa shape index (κ2) is 5.69. The van der Waals surface area contributed by atoms with E-state index in [0.29, 0.717) is 6.54 Å².